The highest BCUT2D eigenvalue weighted by molar-refractivity contribution is 6.20. The number of hydrogen-bond acceptors (Lipinski definition) is 3. The molecule has 0 unspecified atom stereocenters. The van der Waals surface area contributed by atoms with Crippen LogP contribution in [0.1, 0.15) is 0 Å². The van der Waals surface area contributed by atoms with Crippen molar-refractivity contribution in [2.75, 3.05) is 4.90 Å². The van der Waals surface area contributed by atoms with Crippen LogP contribution in [0.2, 0.25) is 0 Å². The average Bonchev–Trinajstić information content (AvgIpc) is 4.02. The highest BCUT2D eigenvalue weighted by atomic mass is 16.3. The van der Waals surface area contributed by atoms with Crippen molar-refractivity contribution in [3.05, 3.63) is 218 Å². The molecular weight excluding hydrogens is 757 g/mol. The normalized spacial score (nSPS) is 11.9. The molecule has 290 valence electrons. The molecule has 0 saturated carbocycles. The predicted octanol–water partition coefficient (Wildman–Crippen LogP) is 16.5. The van der Waals surface area contributed by atoms with Crippen molar-refractivity contribution in [3.63, 3.8) is 0 Å². The number of fused-ring (bicyclic) bond motifs is 11. The molecule has 0 radical (unpaired) electrons. The van der Waals surface area contributed by atoms with Crippen LogP contribution in [-0.2, 0) is 0 Å². The highest BCUT2D eigenvalue weighted by Gasteiger charge is 2.22. The van der Waals surface area contributed by atoms with Crippen molar-refractivity contribution in [2.45, 2.75) is 0 Å². The van der Waals surface area contributed by atoms with E-state index < -0.39 is 0 Å². The number of para-hydroxylation sites is 3. The molecule has 0 bridgehead atoms. The fourth-order valence-corrected chi connectivity index (χ4v) is 9.69. The van der Waals surface area contributed by atoms with E-state index in [4.69, 9.17) is 8.83 Å². The molecular formula is C58H36N2O2. The predicted molar refractivity (Wildman–Crippen MR) is 258 cm³/mol. The summed E-state index contributed by atoms with van der Waals surface area (Å²) < 4.78 is 15.4. The van der Waals surface area contributed by atoms with Gasteiger partial charge < -0.3 is 18.3 Å². The number of furan rings is 2. The molecule has 0 aliphatic heterocycles. The summed E-state index contributed by atoms with van der Waals surface area (Å²) in [5, 5.41) is 9.15. The minimum Gasteiger partial charge on any atom is -0.456 e. The van der Waals surface area contributed by atoms with Crippen LogP contribution in [0.3, 0.4) is 0 Å². The van der Waals surface area contributed by atoms with E-state index in [-0.39, 0.29) is 0 Å². The van der Waals surface area contributed by atoms with Crippen LogP contribution in [0.15, 0.2) is 227 Å². The molecule has 0 aliphatic rings. The maximum Gasteiger partial charge on any atom is 0.143 e. The lowest BCUT2D eigenvalue weighted by molar-refractivity contribution is 0.669. The standard InChI is InChI=1S/C58H36N2O2/c1-2-14-42(15-3-1)60-51-20-8-6-18-46(51)50-35-40(28-33-52(50)60)37-24-29-43(30-25-37)59(53-21-11-23-55-57(53)49-32-26-38-12-4-5-17-45(38)58(49)62-55)44-16-10-13-39(34-44)41-27-31-48-47-19-7-9-22-54(47)61-56(48)36-41/h1-36H. The summed E-state index contributed by atoms with van der Waals surface area (Å²) in [6, 6.07) is 78.0. The van der Waals surface area contributed by atoms with Gasteiger partial charge in [0.15, 0.2) is 0 Å². The maximum absolute atomic E-state index is 6.72. The Morgan fingerprint density at radius 1 is 0.339 bits per heavy atom. The van der Waals surface area contributed by atoms with Crippen LogP contribution in [-0.4, -0.2) is 4.57 Å². The molecule has 13 rings (SSSR count). The monoisotopic (exact) mass is 792 g/mol. The summed E-state index contributed by atoms with van der Waals surface area (Å²) in [5.74, 6) is 0. The number of rotatable bonds is 6. The third-order valence-corrected chi connectivity index (χ3v) is 12.6. The van der Waals surface area contributed by atoms with Gasteiger partial charge in [-0.2, -0.15) is 0 Å². The Labute approximate surface area is 356 Å². The third kappa shape index (κ3) is 5.33. The van der Waals surface area contributed by atoms with Crippen LogP contribution in [0.25, 0.3) is 104 Å². The Hall–Kier alpha value is -8.34. The SMILES string of the molecule is c1ccc(-n2c3ccccc3c3cc(-c4ccc(N(c5cccc(-c6ccc7c(c6)oc6ccccc67)c5)c5cccc6oc7c8ccccc8ccc7c56)cc4)ccc32)cc1. The molecule has 13 aromatic rings. The van der Waals surface area contributed by atoms with E-state index >= 15 is 0 Å². The van der Waals surface area contributed by atoms with Crippen molar-refractivity contribution in [3.8, 4) is 27.9 Å². The molecule has 4 heteroatoms. The summed E-state index contributed by atoms with van der Waals surface area (Å²) in [6.07, 6.45) is 0. The molecule has 0 N–H and O–H groups in total. The van der Waals surface area contributed by atoms with Crippen molar-refractivity contribution in [1.82, 2.24) is 4.57 Å². The number of hydrogen-bond donors (Lipinski definition) is 0. The van der Waals surface area contributed by atoms with E-state index in [1.54, 1.807) is 0 Å². The summed E-state index contributed by atoms with van der Waals surface area (Å²) >= 11 is 0. The Morgan fingerprint density at radius 2 is 1.00 bits per heavy atom. The third-order valence-electron chi connectivity index (χ3n) is 12.6. The molecule has 0 fully saturated rings. The van der Waals surface area contributed by atoms with E-state index in [0.717, 1.165) is 94.1 Å². The number of nitrogens with zero attached hydrogens (tertiary/aromatic N) is 2. The first-order valence-corrected chi connectivity index (χ1v) is 21.1. The van der Waals surface area contributed by atoms with E-state index in [9.17, 15) is 0 Å². The molecule has 4 nitrogen and oxygen atoms in total. The van der Waals surface area contributed by atoms with Gasteiger partial charge in [-0.15, -0.1) is 0 Å². The molecule has 3 aromatic heterocycles. The topological polar surface area (TPSA) is 34.5 Å². The van der Waals surface area contributed by atoms with Crippen LogP contribution in [0.5, 0.6) is 0 Å². The van der Waals surface area contributed by atoms with Gasteiger partial charge in [0.05, 0.1) is 22.1 Å². The largest absolute Gasteiger partial charge is 0.456 e. The lowest BCUT2D eigenvalue weighted by Crippen LogP contribution is -2.10. The van der Waals surface area contributed by atoms with Gasteiger partial charge in [-0.1, -0.05) is 127 Å². The second-order valence-corrected chi connectivity index (χ2v) is 16.1. The fraction of sp³-hybridized carbons (Fsp3) is 0. The van der Waals surface area contributed by atoms with Gasteiger partial charge in [-0.3, -0.25) is 0 Å². The minimum atomic E-state index is 0.852. The number of aromatic nitrogens is 1. The smallest absolute Gasteiger partial charge is 0.143 e. The second-order valence-electron chi connectivity index (χ2n) is 16.1. The summed E-state index contributed by atoms with van der Waals surface area (Å²) in [4.78, 5) is 2.37. The first-order valence-electron chi connectivity index (χ1n) is 21.1. The zero-order valence-electron chi connectivity index (χ0n) is 33.5. The Bertz CT molecular complexity index is 3870. The first kappa shape index (κ1) is 34.5. The van der Waals surface area contributed by atoms with Crippen molar-refractivity contribution in [2.24, 2.45) is 0 Å². The first-order chi connectivity index (χ1) is 30.7. The van der Waals surface area contributed by atoms with Gasteiger partial charge in [0.25, 0.3) is 0 Å². The van der Waals surface area contributed by atoms with Crippen molar-refractivity contribution < 1.29 is 8.83 Å². The van der Waals surface area contributed by atoms with Gasteiger partial charge >= 0.3 is 0 Å². The molecule has 0 saturated heterocycles. The Kier molecular flexibility index (Phi) is 7.57. The molecule has 62 heavy (non-hydrogen) atoms. The summed E-state index contributed by atoms with van der Waals surface area (Å²) in [5.41, 5.74) is 14.7. The van der Waals surface area contributed by atoms with E-state index in [2.05, 4.69) is 216 Å². The van der Waals surface area contributed by atoms with Crippen LogP contribution < -0.4 is 4.90 Å². The molecule has 0 atom stereocenters. The lowest BCUT2D eigenvalue weighted by Gasteiger charge is -2.27. The van der Waals surface area contributed by atoms with Gasteiger partial charge in [-0.25, -0.2) is 0 Å². The van der Waals surface area contributed by atoms with Gasteiger partial charge in [0, 0.05) is 49.4 Å². The molecule has 0 amide bonds. The van der Waals surface area contributed by atoms with E-state index in [1.807, 2.05) is 12.1 Å². The zero-order valence-corrected chi connectivity index (χ0v) is 33.5. The quantitative estimate of drug-likeness (QED) is 0.168. The van der Waals surface area contributed by atoms with E-state index in [1.165, 1.54) is 27.4 Å². The van der Waals surface area contributed by atoms with Crippen molar-refractivity contribution in [1.29, 1.82) is 0 Å². The minimum absolute atomic E-state index is 0.852. The van der Waals surface area contributed by atoms with Gasteiger partial charge in [-0.05, 0) is 119 Å². The van der Waals surface area contributed by atoms with Crippen LogP contribution in [0, 0.1) is 0 Å². The summed E-state index contributed by atoms with van der Waals surface area (Å²) in [6.45, 7) is 0. The fourth-order valence-electron chi connectivity index (χ4n) is 9.69. The molecule has 3 heterocycles. The average molecular weight is 793 g/mol. The van der Waals surface area contributed by atoms with Gasteiger partial charge in [0.2, 0.25) is 0 Å². The van der Waals surface area contributed by atoms with Crippen LogP contribution in [0.4, 0.5) is 17.1 Å². The Balaban J connectivity index is 0.969. The maximum atomic E-state index is 6.72. The van der Waals surface area contributed by atoms with Crippen LogP contribution >= 0.6 is 0 Å². The molecule has 10 aromatic carbocycles. The molecule has 0 aliphatic carbocycles. The van der Waals surface area contributed by atoms with Crippen molar-refractivity contribution >= 4 is 93.5 Å². The zero-order chi connectivity index (χ0) is 40.7. The second kappa shape index (κ2) is 13.6. The molecule has 0 spiro atoms. The lowest BCUT2D eigenvalue weighted by atomic mass is 10.0. The number of anilines is 3. The Morgan fingerprint density at radius 3 is 1.90 bits per heavy atom. The summed E-state index contributed by atoms with van der Waals surface area (Å²) in [7, 11) is 0. The van der Waals surface area contributed by atoms with E-state index in [0.29, 0.717) is 0 Å². The highest BCUT2D eigenvalue weighted by Crippen LogP contribution is 2.46. The van der Waals surface area contributed by atoms with Gasteiger partial charge in [0.1, 0.15) is 22.3 Å². The number of benzene rings is 10.